The van der Waals surface area contributed by atoms with E-state index in [1.807, 2.05) is 6.26 Å². The molecule has 2 rings (SSSR count). The van der Waals surface area contributed by atoms with Gasteiger partial charge >= 0.3 is 0 Å². The zero-order chi connectivity index (χ0) is 13.0. The van der Waals surface area contributed by atoms with Gasteiger partial charge in [-0.2, -0.15) is 0 Å². The molecule has 0 amide bonds. The Morgan fingerprint density at radius 2 is 2.28 bits per heavy atom. The van der Waals surface area contributed by atoms with Gasteiger partial charge in [-0.3, -0.25) is 0 Å². The predicted molar refractivity (Wildman–Crippen MR) is 78.6 cm³/mol. The van der Waals surface area contributed by atoms with Crippen LogP contribution >= 0.6 is 15.9 Å². The summed E-state index contributed by atoms with van der Waals surface area (Å²) in [4.78, 5) is 0. The first kappa shape index (κ1) is 13.6. The first-order valence-electron chi connectivity index (χ1n) is 6.53. The summed E-state index contributed by atoms with van der Waals surface area (Å²) in [6.45, 7) is 6.06. The first-order chi connectivity index (χ1) is 8.74. The molecule has 98 valence electrons. The van der Waals surface area contributed by atoms with Crippen LogP contribution in [0.2, 0.25) is 0 Å². The minimum absolute atomic E-state index is 0.254. The number of halogens is 1. The third kappa shape index (κ3) is 2.96. The van der Waals surface area contributed by atoms with Crippen LogP contribution in [0.15, 0.2) is 34.5 Å². The maximum atomic E-state index is 5.48. The minimum Gasteiger partial charge on any atom is -0.501 e. The van der Waals surface area contributed by atoms with Crippen LogP contribution in [0.5, 0.6) is 0 Å². The Morgan fingerprint density at radius 3 is 2.94 bits per heavy atom. The third-order valence-corrected chi connectivity index (χ3v) is 4.36. The fourth-order valence-corrected chi connectivity index (χ4v) is 2.83. The lowest BCUT2D eigenvalue weighted by Crippen LogP contribution is -2.24. The summed E-state index contributed by atoms with van der Waals surface area (Å²) in [6.07, 6.45) is 4.15. The molecule has 3 heteroatoms. The fraction of sp³-hybridized carbons (Fsp3) is 0.467. The van der Waals surface area contributed by atoms with Crippen LogP contribution in [-0.4, -0.2) is 13.2 Å². The van der Waals surface area contributed by atoms with Gasteiger partial charge in [0.1, 0.15) is 0 Å². The average molecular weight is 310 g/mol. The van der Waals surface area contributed by atoms with E-state index in [-0.39, 0.29) is 6.04 Å². The van der Waals surface area contributed by atoms with Crippen LogP contribution in [0.4, 0.5) is 0 Å². The van der Waals surface area contributed by atoms with Gasteiger partial charge in [-0.1, -0.05) is 41.1 Å². The molecule has 0 saturated carbocycles. The van der Waals surface area contributed by atoms with Crippen molar-refractivity contribution in [1.82, 2.24) is 5.32 Å². The number of benzene rings is 1. The molecule has 1 heterocycles. The Morgan fingerprint density at radius 1 is 1.44 bits per heavy atom. The van der Waals surface area contributed by atoms with Crippen molar-refractivity contribution < 1.29 is 4.74 Å². The number of hydrogen-bond donors (Lipinski definition) is 1. The minimum atomic E-state index is 0.254. The second-order valence-corrected chi connectivity index (χ2v) is 5.43. The van der Waals surface area contributed by atoms with Gasteiger partial charge < -0.3 is 10.1 Å². The van der Waals surface area contributed by atoms with E-state index in [0.29, 0.717) is 0 Å². The maximum Gasteiger partial charge on any atom is 0.0876 e. The molecule has 18 heavy (non-hydrogen) atoms. The molecule has 0 aliphatic carbocycles. The van der Waals surface area contributed by atoms with Gasteiger partial charge in [-0.15, -0.1) is 0 Å². The van der Waals surface area contributed by atoms with E-state index in [4.69, 9.17) is 4.74 Å². The zero-order valence-corrected chi connectivity index (χ0v) is 12.6. The van der Waals surface area contributed by atoms with Crippen LogP contribution in [0.25, 0.3) is 0 Å². The third-order valence-electron chi connectivity index (χ3n) is 3.27. The molecule has 1 unspecified atom stereocenters. The van der Waals surface area contributed by atoms with Crippen LogP contribution in [0.1, 0.15) is 36.9 Å². The van der Waals surface area contributed by atoms with E-state index < -0.39 is 0 Å². The van der Waals surface area contributed by atoms with Gasteiger partial charge in [-0.25, -0.2) is 0 Å². The summed E-state index contributed by atoms with van der Waals surface area (Å²) in [5, 5.41) is 3.56. The Labute approximate surface area is 118 Å². The Hall–Kier alpha value is -0.800. The van der Waals surface area contributed by atoms with Crippen molar-refractivity contribution >= 4 is 15.9 Å². The Bertz CT molecular complexity index is 442. The van der Waals surface area contributed by atoms with Crippen molar-refractivity contribution in [3.05, 3.63) is 45.6 Å². The molecule has 0 radical (unpaired) electrons. The topological polar surface area (TPSA) is 21.3 Å². The monoisotopic (exact) mass is 309 g/mol. The van der Waals surface area contributed by atoms with Crippen LogP contribution in [0, 0.1) is 6.92 Å². The number of aryl methyl sites for hydroxylation is 1. The van der Waals surface area contributed by atoms with E-state index in [2.05, 4.69) is 53.3 Å². The molecular weight excluding hydrogens is 290 g/mol. The number of ether oxygens (including phenoxy) is 1. The van der Waals surface area contributed by atoms with Crippen molar-refractivity contribution in [3.8, 4) is 0 Å². The lowest BCUT2D eigenvalue weighted by Gasteiger charge is -2.25. The second-order valence-electron chi connectivity index (χ2n) is 4.64. The molecule has 1 aliphatic heterocycles. The summed E-state index contributed by atoms with van der Waals surface area (Å²) in [5.41, 5.74) is 3.91. The van der Waals surface area contributed by atoms with Gasteiger partial charge in [0.05, 0.1) is 18.9 Å². The molecule has 1 aromatic carbocycles. The van der Waals surface area contributed by atoms with Crippen molar-refractivity contribution in [2.75, 3.05) is 13.2 Å². The van der Waals surface area contributed by atoms with E-state index in [1.165, 1.54) is 21.2 Å². The first-order valence-corrected chi connectivity index (χ1v) is 7.32. The zero-order valence-electron chi connectivity index (χ0n) is 11.0. The fourth-order valence-electron chi connectivity index (χ4n) is 2.33. The average Bonchev–Trinajstić information content (AvgIpc) is 2.41. The predicted octanol–water partition coefficient (Wildman–Crippen LogP) is 4.10. The number of rotatable bonds is 4. The molecule has 1 atom stereocenters. The van der Waals surface area contributed by atoms with E-state index in [0.717, 1.165) is 26.0 Å². The molecule has 0 saturated heterocycles. The molecular formula is C15H20BrNO. The van der Waals surface area contributed by atoms with Gasteiger partial charge in [-0.05, 0) is 43.0 Å². The number of hydrogen-bond acceptors (Lipinski definition) is 2. The van der Waals surface area contributed by atoms with Gasteiger partial charge in [0.2, 0.25) is 0 Å². The van der Waals surface area contributed by atoms with Gasteiger partial charge in [0, 0.05) is 4.47 Å². The van der Waals surface area contributed by atoms with Crippen molar-refractivity contribution in [2.24, 2.45) is 0 Å². The van der Waals surface area contributed by atoms with E-state index in [1.54, 1.807) is 0 Å². The summed E-state index contributed by atoms with van der Waals surface area (Å²) < 4.78 is 6.68. The molecule has 1 aromatic rings. The Kier molecular flexibility index (Phi) is 4.84. The quantitative estimate of drug-likeness (QED) is 0.904. The lowest BCUT2D eigenvalue weighted by atomic mass is 9.94. The van der Waals surface area contributed by atoms with E-state index in [9.17, 15) is 0 Å². The highest BCUT2D eigenvalue weighted by molar-refractivity contribution is 9.10. The molecule has 1 N–H and O–H groups in total. The molecule has 2 nitrogen and oxygen atoms in total. The molecule has 0 fully saturated rings. The summed E-state index contributed by atoms with van der Waals surface area (Å²) in [5.74, 6) is 0. The largest absolute Gasteiger partial charge is 0.501 e. The normalized spacial score (nSPS) is 16.9. The molecule has 1 aliphatic rings. The van der Waals surface area contributed by atoms with Gasteiger partial charge in [0.15, 0.2) is 0 Å². The SMILES string of the molecule is CCNC(C1=COCCC1)c1cccc(C)c1Br. The highest BCUT2D eigenvalue weighted by Gasteiger charge is 2.20. The maximum absolute atomic E-state index is 5.48. The van der Waals surface area contributed by atoms with E-state index >= 15 is 0 Å². The summed E-state index contributed by atoms with van der Waals surface area (Å²) in [6, 6.07) is 6.68. The van der Waals surface area contributed by atoms with Crippen molar-refractivity contribution in [2.45, 2.75) is 32.7 Å². The lowest BCUT2D eigenvalue weighted by molar-refractivity contribution is 0.219. The highest BCUT2D eigenvalue weighted by Crippen LogP contribution is 2.33. The highest BCUT2D eigenvalue weighted by atomic mass is 79.9. The smallest absolute Gasteiger partial charge is 0.0876 e. The van der Waals surface area contributed by atoms with Crippen LogP contribution in [-0.2, 0) is 4.74 Å². The number of nitrogens with one attached hydrogen (secondary N) is 1. The standard InChI is InChI=1S/C15H20BrNO/c1-3-17-15(12-7-5-9-18-10-12)13-8-4-6-11(2)14(13)16/h4,6,8,10,15,17H,3,5,7,9H2,1-2H3. The Balaban J connectivity index is 2.34. The van der Waals surface area contributed by atoms with Crippen LogP contribution in [0.3, 0.4) is 0 Å². The van der Waals surface area contributed by atoms with Gasteiger partial charge in [0.25, 0.3) is 0 Å². The molecule has 0 aromatic heterocycles. The second kappa shape index (κ2) is 6.39. The molecule has 0 bridgehead atoms. The van der Waals surface area contributed by atoms with Crippen molar-refractivity contribution in [3.63, 3.8) is 0 Å². The number of likely N-dealkylation sites (N-methyl/N-ethyl adjacent to an activating group) is 1. The van der Waals surface area contributed by atoms with Crippen molar-refractivity contribution in [1.29, 1.82) is 0 Å². The summed E-state index contributed by atoms with van der Waals surface area (Å²) in [7, 11) is 0. The summed E-state index contributed by atoms with van der Waals surface area (Å²) >= 11 is 3.71. The molecule has 0 spiro atoms. The van der Waals surface area contributed by atoms with Crippen LogP contribution < -0.4 is 5.32 Å².